The Bertz CT molecular complexity index is 765. The van der Waals surface area contributed by atoms with Crippen molar-refractivity contribution in [2.24, 2.45) is 17.3 Å². The third-order valence-electron chi connectivity index (χ3n) is 5.50. The van der Waals surface area contributed by atoms with Gasteiger partial charge < -0.3 is 24.8 Å². The Morgan fingerprint density at radius 2 is 1.83 bits per heavy atom. The first-order valence-electron chi connectivity index (χ1n) is 9.43. The molecule has 1 fully saturated rings. The molecule has 166 valence electrons. The van der Waals surface area contributed by atoms with E-state index in [0.29, 0.717) is 5.57 Å². The van der Waals surface area contributed by atoms with Crippen LogP contribution in [0.5, 0.6) is 0 Å². The van der Waals surface area contributed by atoms with Crippen molar-refractivity contribution in [2.45, 2.75) is 39.4 Å². The summed E-state index contributed by atoms with van der Waals surface area (Å²) in [6, 6.07) is 0. The highest BCUT2D eigenvalue weighted by Gasteiger charge is 2.53. The summed E-state index contributed by atoms with van der Waals surface area (Å²) in [6.07, 6.45) is 0.739. The highest BCUT2D eigenvalue weighted by atomic mass is 16.5. The largest absolute Gasteiger partial charge is 0.478 e. The number of carbonyl (C=O) groups excluding carboxylic acids is 2. The topological polar surface area (TPSA) is 130 Å². The Balaban J connectivity index is 3.26. The number of carboxylic acid groups (broad SMARTS) is 1. The Morgan fingerprint density at radius 1 is 1.23 bits per heavy atom. The second-order valence-electron chi connectivity index (χ2n) is 7.69. The van der Waals surface area contributed by atoms with E-state index in [4.69, 9.17) is 9.47 Å². The van der Waals surface area contributed by atoms with Gasteiger partial charge in [-0.3, -0.25) is 4.79 Å². The van der Waals surface area contributed by atoms with Crippen LogP contribution in [-0.2, 0) is 23.9 Å². The average Bonchev–Trinajstić information content (AvgIpc) is 2.66. The minimum absolute atomic E-state index is 0.113. The van der Waals surface area contributed by atoms with Crippen LogP contribution in [0, 0.1) is 17.3 Å². The number of rotatable bonds is 9. The average molecular weight is 422 g/mol. The number of hydrogen-bond donors (Lipinski definition) is 3. The van der Waals surface area contributed by atoms with Gasteiger partial charge >= 0.3 is 17.9 Å². The van der Waals surface area contributed by atoms with Crippen LogP contribution in [0.15, 0.2) is 48.6 Å². The van der Waals surface area contributed by atoms with E-state index in [1.165, 1.54) is 19.9 Å². The van der Waals surface area contributed by atoms with Gasteiger partial charge in [0, 0.05) is 24.0 Å². The molecule has 1 saturated carbocycles. The first-order valence-corrected chi connectivity index (χ1v) is 9.43. The van der Waals surface area contributed by atoms with Gasteiger partial charge in [-0.25, -0.2) is 9.59 Å². The van der Waals surface area contributed by atoms with E-state index in [1.807, 2.05) is 0 Å². The third-order valence-corrected chi connectivity index (χ3v) is 5.50. The molecule has 5 atom stereocenters. The summed E-state index contributed by atoms with van der Waals surface area (Å²) in [6.45, 7) is 15.1. The van der Waals surface area contributed by atoms with E-state index in [9.17, 15) is 29.7 Å². The lowest BCUT2D eigenvalue weighted by Gasteiger charge is -2.50. The minimum atomic E-state index is -1.34. The molecular weight excluding hydrogens is 392 g/mol. The summed E-state index contributed by atoms with van der Waals surface area (Å²) in [5.74, 6) is -4.41. The van der Waals surface area contributed by atoms with E-state index in [2.05, 4.69) is 19.7 Å². The molecule has 0 saturated heterocycles. The fraction of sp³-hybridized carbons (Fsp3) is 0.500. The molecule has 0 radical (unpaired) electrons. The molecule has 0 heterocycles. The van der Waals surface area contributed by atoms with Crippen molar-refractivity contribution in [3.63, 3.8) is 0 Å². The number of hydrogen-bond acceptors (Lipinski definition) is 7. The van der Waals surface area contributed by atoms with Gasteiger partial charge in [0.1, 0.15) is 12.7 Å². The van der Waals surface area contributed by atoms with E-state index in [1.54, 1.807) is 13.0 Å². The van der Waals surface area contributed by atoms with Gasteiger partial charge in [-0.05, 0) is 30.4 Å². The lowest BCUT2D eigenvalue weighted by molar-refractivity contribution is -0.161. The number of carbonyl (C=O) groups is 3. The van der Waals surface area contributed by atoms with E-state index in [0.717, 1.165) is 0 Å². The second kappa shape index (κ2) is 10.4. The lowest BCUT2D eigenvalue weighted by atomic mass is 9.58. The Labute approximate surface area is 176 Å². The van der Waals surface area contributed by atoms with Crippen LogP contribution in [0.4, 0.5) is 0 Å². The third kappa shape index (κ3) is 5.67. The van der Waals surface area contributed by atoms with Crippen LogP contribution in [0.3, 0.4) is 0 Å². The van der Waals surface area contributed by atoms with Crippen molar-refractivity contribution in [2.75, 3.05) is 13.2 Å². The van der Waals surface area contributed by atoms with Gasteiger partial charge in [0.15, 0.2) is 0 Å². The molecule has 0 aliphatic heterocycles. The number of allylic oxidation sites excluding steroid dienone is 1. The molecule has 1 aliphatic rings. The molecule has 3 N–H and O–H groups in total. The quantitative estimate of drug-likeness (QED) is 0.291. The Kier molecular flexibility index (Phi) is 8.74. The number of ether oxygens (including phenoxy) is 2. The van der Waals surface area contributed by atoms with Crippen LogP contribution < -0.4 is 0 Å². The number of carboxylic acids is 1. The van der Waals surface area contributed by atoms with Gasteiger partial charge in [-0.1, -0.05) is 26.2 Å². The van der Waals surface area contributed by atoms with E-state index >= 15 is 0 Å². The van der Waals surface area contributed by atoms with Gasteiger partial charge in [0.25, 0.3) is 0 Å². The molecule has 0 aromatic carbocycles. The SMILES string of the molecule is C=C[C@]1(C)C[C@H](OC(=O)/C(C)=C\COC(C)=O)[C@@H](C(=C)C(=O)O)[C@@H](O)[C@H]1C(=C)CO. The maximum absolute atomic E-state index is 12.5. The summed E-state index contributed by atoms with van der Waals surface area (Å²) < 4.78 is 10.3. The fourth-order valence-electron chi connectivity index (χ4n) is 3.81. The van der Waals surface area contributed by atoms with E-state index in [-0.39, 0.29) is 24.2 Å². The van der Waals surface area contributed by atoms with E-state index < -0.39 is 54.0 Å². The van der Waals surface area contributed by atoms with Crippen molar-refractivity contribution < 1.29 is 39.2 Å². The standard InChI is InChI=1S/C22H30O8/c1-7-22(6)10-16(30-21(28)12(2)8-9-29-15(5)24)17(14(4)20(26)27)19(25)18(22)13(3)11-23/h7-8,16-19,23,25H,1,3-4,9-11H2,2,5-6H3,(H,26,27)/b12-8-/t16-,17+,18+,19+,22+/m0/s1. The Hall–Kier alpha value is -2.71. The summed E-state index contributed by atoms with van der Waals surface area (Å²) in [5.41, 5.74) is -0.666. The van der Waals surface area contributed by atoms with Gasteiger partial charge in [-0.15, -0.1) is 6.58 Å². The second-order valence-corrected chi connectivity index (χ2v) is 7.69. The molecule has 0 bridgehead atoms. The number of aliphatic hydroxyl groups is 2. The first kappa shape index (κ1) is 25.3. The van der Waals surface area contributed by atoms with Crippen molar-refractivity contribution in [1.29, 1.82) is 0 Å². The van der Waals surface area contributed by atoms with Crippen LogP contribution in [0.25, 0.3) is 0 Å². The maximum Gasteiger partial charge on any atom is 0.333 e. The number of esters is 2. The number of aliphatic carboxylic acids is 1. The van der Waals surface area contributed by atoms with Gasteiger partial charge in [-0.2, -0.15) is 0 Å². The molecule has 0 amide bonds. The highest BCUT2D eigenvalue weighted by Crippen LogP contribution is 2.50. The summed E-state index contributed by atoms with van der Waals surface area (Å²) >= 11 is 0. The summed E-state index contributed by atoms with van der Waals surface area (Å²) in [5, 5.41) is 30.0. The fourth-order valence-corrected chi connectivity index (χ4v) is 3.81. The molecule has 0 aromatic heterocycles. The monoisotopic (exact) mass is 422 g/mol. The van der Waals surface area contributed by atoms with Crippen molar-refractivity contribution >= 4 is 17.9 Å². The summed E-state index contributed by atoms with van der Waals surface area (Å²) in [7, 11) is 0. The molecule has 8 nitrogen and oxygen atoms in total. The first-order chi connectivity index (χ1) is 13.9. The Morgan fingerprint density at radius 3 is 2.30 bits per heavy atom. The molecule has 0 aromatic rings. The molecule has 1 rings (SSSR count). The zero-order valence-electron chi connectivity index (χ0n) is 17.6. The molecule has 0 unspecified atom stereocenters. The van der Waals surface area contributed by atoms with Gasteiger partial charge in [0.05, 0.1) is 18.6 Å². The zero-order valence-corrected chi connectivity index (χ0v) is 17.6. The highest BCUT2D eigenvalue weighted by molar-refractivity contribution is 5.89. The van der Waals surface area contributed by atoms with Crippen molar-refractivity contribution in [3.8, 4) is 0 Å². The predicted molar refractivity (Wildman–Crippen MR) is 109 cm³/mol. The molecule has 8 heteroatoms. The normalized spacial score (nSPS) is 28.9. The maximum atomic E-state index is 12.5. The number of aliphatic hydroxyl groups excluding tert-OH is 2. The molecule has 30 heavy (non-hydrogen) atoms. The molecular formula is C22H30O8. The summed E-state index contributed by atoms with van der Waals surface area (Å²) in [4.78, 5) is 35.0. The molecule has 1 aliphatic carbocycles. The van der Waals surface area contributed by atoms with Crippen LogP contribution in [0.1, 0.15) is 27.2 Å². The zero-order chi connectivity index (χ0) is 23.2. The van der Waals surface area contributed by atoms with Crippen LogP contribution in [0.2, 0.25) is 0 Å². The van der Waals surface area contributed by atoms with Gasteiger partial charge in [0.2, 0.25) is 0 Å². The van der Waals surface area contributed by atoms with Crippen LogP contribution >= 0.6 is 0 Å². The van der Waals surface area contributed by atoms with Crippen molar-refractivity contribution in [3.05, 3.63) is 48.6 Å². The van der Waals surface area contributed by atoms with Crippen molar-refractivity contribution in [1.82, 2.24) is 0 Å². The minimum Gasteiger partial charge on any atom is -0.478 e. The molecule has 0 spiro atoms. The smallest absolute Gasteiger partial charge is 0.333 e. The van der Waals surface area contributed by atoms with Crippen LogP contribution in [-0.4, -0.2) is 58.6 Å². The lowest BCUT2D eigenvalue weighted by Crippen LogP contribution is -2.54. The predicted octanol–water partition coefficient (Wildman–Crippen LogP) is 1.79.